The summed E-state index contributed by atoms with van der Waals surface area (Å²) in [6.07, 6.45) is 0.872. The molecule has 0 spiro atoms. The van der Waals surface area contributed by atoms with E-state index in [1.165, 1.54) is 33.6 Å². The molecule has 1 fully saturated rings. The summed E-state index contributed by atoms with van der Waals surface area (Å²) in [5, 5.41) is 20.5. The van der Waals surface area contributed by atoms with Crippen molar-refractivity contribution in [3.63, 3.8) is 0 Å². The van der Waals surface area contributed by atoms with Crippen LogP contribution in [0.2, 0.25) is 0 Å². The summed E-state index contributed by atoms with van der Waals surface area (Å²) >= 11 is 2.72. The molecule has 4 aromatic rings. The van der Waals surface area contributed by atoms with E-state index in [0.717, 1.165) is 12.0 Å². The number of carbonyl (C=O) groups is 2. The van der Waals surface area contributed by atoms with Gasteiger partial charge in [-0.15, -0.1) is 10.2 Å². The van der Waals surface area contributed by atoms with Crippen LogP contribution in [0.1, 0.15) is 62.4 Å². The van der Waals surface area contributed by atoms with Crippen LogP contribution in [0.15, 0.2) is 76.6 Å². The van der Waals surface area contributed by atoms with Crippen LogP contribution in [0.3, 0.4) is 0 Å². The Morgan fingerprint density at radius 1 is 0.936 bits per heavy atom. The monoisotopic (exact) mass is 673 g/mol. The Balaban J connectivity index is 1.55. The summed E-state index contributed by atoms with van der Waals surface area (Å²) in [6, 6.07) is 19.3. The molecule has 1 aliphatic rings. The first kappa shape index (κ1) is 34.0. The molecule has 1 amide bonds. The molecule has 1 atom stereocenters. The van der Waals surface area contributed by atoms with Gasteiger partial charge in [-0.25, -0.2) is 0 Å². The number of rotatable bonds is 14. The summed E-state index contributed by atoms with van der Waals surface area (Å²) in [6.45, 7) is 11.4. The molecule has 1 unspecified atom stereocenters. The molecule has 1 aliphatic heterocycles. The van der Waals surface area contributed by atoms with Crippen LogP contribution in [0.5, 0.6) is 17.2 Å². The molecule has 11 heteroatoms. The lowest BCUT2D eigenvalue weighted by Crippen LogP contribution is -2.29. The number of benzene rings is 3. The standard InChI is InChI=1S/C36H39N3O6S2/c1-6-43-27-15-12-25(13-16-27)32(40)30-31(26-14-17-28(29(20-26)44-7-2)45-19-18-22(3)4)39(34(42)33(30)41)35-37-38-36(47-35)46-21-24-10-8-23(5)9-11-24/h8-17,20,22,31,40H,6-7,18-19,21H2,1-5H3/b32-30+. The normalized spacial score (nSPS) is 15.8. The Morgan fingerprint density at radius 3 is 2.34 bits per heavy atom. The largest absolute Gasteiger partial charge is 0.507 e. The Kier molecular flexibility index (Phi) is 11.2. The number of thioether (sulfide) groups is 1. The minimum Gasteiger partial charge on any atom is -0.507 e. The number of amides is 1. The molecule has 5 rings (SSSR count). The third-order valence-electron chi connectivity index (χ3n) is 7.50. The smallest absolute Gasteiger partial charge is 0.301 e. The van der Waals surface area contributed by atoms with Gasteiger partial charge >= 0.3 is 5.91 Å². The van der Waals surface area contributed by atoms with Gasteiger partial charge in [0, 0.05) is 11.3 Å². The first-order valence-electron chi connectivity index (χ1n) is 15.7. The number of nitrogens with zero attached hydrogens (tertiary/aromatic N) is 3. The number of Topliss-reactive ketones (excluding diaryl/α,β-unsaturated/α-hetero) is 1. The molecule has 9 nitrogen and oxygen atoms in total. The lowest BCUT2D eigenvalue weighted by atomic mass is 9.95. The van der Waals surface area contributed by atoms with Crippen molar-refractivity contribution in [3.05, 3.63) is 94.6 Å². The Morgan fingerprint density at radius 2 is 1.66 bits per heavy atom. The van der Waals surface area contributed by atoms with E-state index in [4.69, 9.17) is 14.2 Å². The first-order chi connectivity index (χ1) is 22.7. The number of aryl methyl sites for hydroxylation is 1. The zero-order chi connectivity index (χ0) is 33.5. The highest BCUT2D eigenvalue weighted by Gasteiger charge is 2.48. The van der Waals surface area contributed by atoms with Crippen molar-refractivity contribution >= 4 is 45.7 Å². The Hall–Kier alpha value is -4.35. The lowest BCUT2D eigenvalue weighted by Gasteiger charge is -2.24. The molecule has 2 heterocycles. The molecular formula is C36H39N3O6S2. The van der Waals surface area contributed by atoms with Crippen molar-refractivity contribution in [1.82, 2.24) is 10.2 Å². The number of hydrogen-bond donors (Lipinski definition) is 1. The fraction of sp³-hybridized carbons (Fsp3) is 0.333. The Labute approximate surface area is 283 Å². The SMILES string of the molecule is CCOc1ccc(/C(O)=C2\C(=O)C(=O)N(c3nnc(SCc4ccc(C)cc4)s3)C2c2ccc(OCCC(C)C)c(OCC)c2)cc1. The van der Waals surface area contributed by atoms with E-state index in [1.54, 1.807) is 42.5 Å². The number of aliphatic hydroxyl groups is 1. The second-order valence-corrected chi connectivity index (χ2v) is 13.6. The minimum absolute atomic E-state index is 0.0563. The second-order valence-electron chi connectivity index (χ2n) is 11.4. The van der Waals surface area contributed by atoms with E-state index >= 15 is 0 Å². The molecule has 47 heavy (non-hydrogen) atoms. The fourth-order valence-corrected chi connectivity index (χ4v) is 6.87. The molecule has 0 saturated carbocycles. The van der Waals surface area contributed by atoms with Crippen LogP contribution in [-0.2, 0) is 15.3 Å². The molecule has 0 radical (unpaired) electrons. The predicted molar refractivity (Wildman–Crippen MR) is 186 cm³/mol. The summed E-state index contributed by atoms with van der Waals surface area (Å²) in [5.74, 6) is 0.888. The molecular weight excluding hydrogens is 635 g/mol. The van der Waals surface area contributed by atoms with Gasteiger partial charge in [-0.3, -0.25) is 14.5 Å². The number of aromatic nitrogens is 2. The van der Waals surface area contributed by atoms with Crippen LogP contribution in [0.4, 0.5) is 5.13 Å². The van der Waals surface area contributed by atoms with Gasteiger partial charge in [0.2, 0.25) is 5.13 Å². The van der Waals surface area contributed by atoms with E-state index in [-0.39, 0.29) is 16.5 Å². The van der Waals surface area contributed by atoms with Gasteiger partial charge in [-0.2, -0.15) is 0 Å². The maximum Gasteiger partial charge on any atom is 0.301 e. The molecule has 1 N–H and O–H groups in total. The topological polar surface area (TPSA) is 111 Å². The van der Waals surface area contributed by atoms with E-state index < -0.39 is 17.7 Å². The molecule has 246 valence electrons. The van der Waals surface area contributed by atoms with Crippen molar-refractivity contribution in [1.29, 1.82) is 0 Å². The molecule has 1 aromatic heterocycles. The van der Waals surface area contributed by atoms with E-state index in [2.05, 4.69) is 48.3 Å². The number of ether oxygens (including phenoxy) is 3. The van der Waals surface area contributed by atoms with Crippen LogP contribution in [0.25, 0.3) is 5.76 Å². The highest BCUT2D eigenvalue weighted by Crippen LogP contribution is 2.46. The van der Waals surface area contributed by atoms with Gasteiger partial charge in [0.15, 0.2) is 15.8 Å². The van der Waals surface area contributed by atoms with Crippen molar-refractivity contribution < 1.29 is 28.9 Å². The molecule has 3 aromatic carbocycles. The number of aliphatic hydroxyl groups excluding tert-OH is 1. The fourth-order valence-electron chi connectivity index (χ4n) is 5.05. The molecule has 0 aliphatic carbocycles. The summed E-state index contributed by atoms with van der Waals surface area (Å²) in [4.78, 5) is 28.8. The van der Waals surface area contributed by atoms with Crippen LogP contribution >= 0.6 is 23.1 Å². The number of ketones is 1. The van der Waals surface area contributed by atoms with Crippen molar-refractivity contribution in [3.8, 4) is 17.2 Å². The minimum atomic E-state index is -0.992. The summed E-state index contributed by atoms with van der Waals surface area (Å²) in [5.41, 5.74) is 3.19. The third-order valence-corrected chi connectivity index (χ3v) is 9.63. The van der Waals surface area contributed by atoms with Crippen LogP contribution in [0, 0.1) is 12.8 Å². The first-order valence-corrected chi connectivity index (χ1v) is 17.5. The Bertz CT molecular complexity index is 1730. The average molecular weight is 674 g/mol. The number of hydrogen-bond acceptors (Lipinski definition) is 10. The summed E-state index contributed by atoms with van der Waals surface area (Å²) < 4.78 is 18.2. The van der Waals surface area contributed by atoms with Gasteiger partial charge < -0.3 is 19.3 Å². The van der Waals surface area contributed by atoms with Gasteiger partial charge in [-0.1, -0.05) is 72.8 Å². The maximum absolute atomic E-state index is 13.8. The van der Waals surface area contributed by atoms with Crippen LogP contribution < -0.4 is 19.1 Å². The van der Waals surface area contributed by atoms with Gasteiger partial charge in [0.05, 0.1) is 31.4 Å². The van der Waals surface area contributed by atoms with Crippen LogP contribution in [-0.4, -0.2) is 46.8 Å². The maximum atomic E-state index is 13.8. The highest BCUT2D eigenvalue weighted by molar-refractivity contribution is 8.00. The quantitative estimate of drug-likeness (QED) is 0.0468. The molecule has 1 saturated heterocycles. The van der Waals surface area contributed by atoms with Crippen molar-refractivity contribution in [2.45, 2.75) is 57.2 Å². The zero-order valence-corrected chi connectivity index (χ0v) is 28.8. The third kappa shape index (κ3) is 7.97. The van der Waals surface area contributed by atoms with Gasteiger partial charge in [-0.05, 0) is 80.6 Å². The predicted octanol–water partition coefficient (Wildman–Crippen LogP) is 7.99. The van der Waals surface area contributed by atoms with E-state index in [0.29, 0.717) is 64.2 Å². The van der Waals surface area contributed by atoms with E-state index in [1.807, 2.05) is 20.8 Å². The van der Waals surface area contributed by atoms with Gasteiger partial charge in [0.25, 0.3) is 5.78 Å². The second kappa shape index (κ2) is 15.5. The number of carbonyl (C=O) groups excluding carboxylic acids is 2. The van der Waals surface area contributed by atoms with Crippen molar-refractivity contribution in [2.75, 3.05) is 24.7 Å². The van der Waals surface area contributed by atoms with Crippen molar-refractivity contribution in [2.24, 2.45) is 5.92 Å². The molecule has 0 bridgehead atoms. The van der Waals surface area contributed by atoms with Gasteiger partial charge in [0.1, 0.15) is 11.5 Å². The number of anilines is 1. The zero-order valence-electron chi connectivity index (χ0n) is 27.2. The lowest BCUT2D eigenvalue weighted by molar-refractivity contribution is -0.132. The van der Waals surface area contributed by atoms with E-state index in [9.17, 15) is 14.7 Å². The highest BCUT2D eigenvalue weighted by atomic mass is 32.2. The summed E-state index contributed by atoms with van der Waals surface area (Å²) in [7, 11) is 0. The average Bonchev–Trinajstić information content (AvgIpc) is 3.63.